The van der Waals surface area contributed by atoms with Crippen molar-refractivity contribution >= 4 is 76.9 Å². The summed E-state index contributed by atoms with van der Waals surface area (Å²) in [6, 6.07) is 0. The van der Waals surface area contributed by atoms with Gasteiger partial charge in [0, 0.05) is 6.26 Å². The molecule has 1 aliphatic heterocycles. The quantitative estimate of drug-likeness (QED) is 0.773. The molecular weight excluding hydrogens is 364 g/mol. The van der Waals surface area contributed by atoms with Gasteiger partial charge in [-0.05, 0) is 42.7 Å². The third-order valence-electron chi connectivity index (χ3n) is 2.05. The fraction of sp³-hybridized carbons (Fsp3) is 0.143. The van der Waals surface area contributed by atoms with Gasteiger partial charge in [0.25, 0.3) is 0 Å². The molecular formula is C7H4Br2N4S2. The SMILES string of the molecule is CS1=Nc2c(c(Br)c3nsnc3c2Br)N1. The predicted octanol–water partition coefficient (Wildman–Crippen LogP) is 3.62. The highest BCUT2D eigenvalue weighted by atomic mass is 79.9. The molecule has 3 rings (SSSR count). The van der Waals surface area contributed by atoms with E-state index in [9.17, 15) is 0 Å². The molecule has 8 heteroatoms. The Morgan fingerprint density at radius 3 is 2.60 bits per heavy atom. The Kier molecular flexibility index (Phi) is 2.35. The molecule has 1 aromatic carbocycles. The number of benzene rings is 1. The molecule has 78 valence electrons. The minimum atomic E-state index is -0.159. The number of fused-ring (bicyclic) bond motifs is 2. The molecule has 4 nitrogen and oxygen atoms in total. The fourth-order valence-electron chi connectivity index (χ4n) is 1.41. The fourth-order valence-corrected chi connectivity index (χ4v) is 4.57. The van der Waals surface area contributed by atoms with Crippen LogP contribution >= 0.6 is 43.6 Å². The molecule has 0 aliphatic carbocycles. The van der Waals surface area contributed by atoms with Crippen LogP contribution in [0, 0.1) is 0 Å². The number of nitrogens with one attached hydrogen (secondary N) is 1. The lowest BCUT2D eigenvalue weighted by atomic mass is 10.2. The normalized spacial score (nSPS) is 18.7. The standard InChI is InChI=1S/C7H4Br2N4S2/c1-15-12-6-2(8)4-5(11-14-10-4)3(9)7(6)13-15/h1H3,(H,12,13). The maximum atomic E-state index is 4.52. The van der Waals surface area contributed by atoms with Gasteiger partial charge in [-0.15, -0.1) is 0 Å². The average Bonchev–Trinajstić information content (AvgIpc) is 2.79. The maximum absolute atomic E-state index is 4.52. The summed E-state index contributed by atoms with van der Waals surface area (Å²) in [7, 11) is -0.159. The summed E-state index contributed by atoms with van der Waals surface area (Å²) in [5.41, 5.74) is 3.70. The number of hydrogen-bond acceptors (Lipinski definition) is 5. The maximum Gasteiger partial charge on any atom is 0.122 e. The minimum absolute atomic E-state index is 0.159. The zero-order chi connectivity index (χ0) is 10.6. The van der Waals surface area contributed by atoms with Crippen LogP contribution in [0.5, 0.6) is 0 Å². The topological polar surface area (TPSA) is 50.2 Å². The summed E-state index contributed by atoms with van der Waals surface area (Å²) in [5, 5.41) is 0. The van der Waals surface area contributed by atoms with Crippen molar-refractivity contribution in [2.24, 2.45) is 4.36 Å². The summed E-state index contributed by atoms with van der Waals surface area (Å²) in [6.07, 6.45) is 2.03. The Balaban J connectivity index is 2.49. The first kappa shape index (κ1) is 10.1. The lowest BCUT2D eigenvalue weighted by Crippen LogP contribution is -1.95. The molecule has 0 radical (unpaired) electrons. The van der Waals surface area contributed by atoms with Crippen molar-refractivity contribution in [1.82, 2.24) is 8.75 Å². The molecule has 0 saturated heterocycles. The lowest BCUT2D eigenvalue weighted by Gasteiger charge is -2.04. The summed E-state index contributed by atoms with van der Waals surface area (Å²) < 4.78 is 18.2. The van der Waals surface area contributed by atoms with Crippen molar-refractivity contribution < 1.29 is 0 Å². The molecule has 0 bridgehead atoms. The molecule has 0 spiro atoms. The molecule has 1 aromatic heterocycles. The molecule has 0 saturated carbocycles. The van der Waals surface area contributed by atoms with Gasteiger partial charge < -0.3 is 4.72 Å². The Morgan fingerprint density at radius 2 is 1.87 bits per heavy atom. The van der Waals surface area contributed by atoms with Crippen molar-refractivity contribution in [1.29, 1.82) is 0 Å². The van der Waals surface area contributed by atoms with E-state index in [0.717, 1.165) is 31.4 Å². The second kappa shape index (κ2) is 3.47. The van der Waals surface area contributed by atoms with E-state index in [1.54, 1.807) is 0 Å². The highest BCUT2D eigenvalue weighted by molar-refractivity contribution is 9.11. The monoisotopic (exact) mass is 366 g/mol. The molecule has 1 atom stereocenters. The van der Waals surface area contributed by atoms with E-state index in [-0.39, 0.29) is 10.9 Å². The largest absolute Gasteiger partial charge is 0.319 e. The number of hydrogen-bond donors (Lipinski definition) is 1. The van der Waals surface area contributed by atoms with E-state index in [1.165, 1.54) is 11.7 Å². The molecule has 2 heterocycles. The van der Waals surface area contributed by atoms with Gasteiger partial charge in [0.05, 0.1) is 26.4 Å². The first-order valence-electron chi connectivity index (χ1n) is 3.96. The predicted molar refractivity (Wildman–Crippen MR) is 71.8 cm³/mol. The zero-order valence-electron chi connectivity index (χ0n) is 7.41. The van der Waals surface area contributed by atoms with Gasteiger partial charge in [-0.25, -0.2) is 4.36 Å². The van der Waals surface area contributed by atoms with E-state index in [1.807, 2.05) is 6.26 Å². The van der Waals surface area contributed by atoms with Gasteiger partial charge in [0.1, 0.15) is 16.7 Å². The highest BCUT2D eigenvalue weighted by Crippen LogP contribution is 2.47. The third-order valence-corrected chi connectivity index (χ3v) is 5.05. The van der Waals surface area contributed by atoms with Crippen molar-refractivity contribution in [3.63, 3.8) is 0 Å². The number of anilines is 1. The van der Waals surface area contributed by atoms with Crippen LogP contribution in [0.4, 0.5) is 11.4 Å². The van der Waals surface area contributed by atoms with E-state index in [4.69, 9.17) is 0 Å². The molecule has 1 N–H and O–H groups in total. The Bertz CT molecular complexity index is 607. The number of halogens is 2. The molecule has 15 heavy (non-hydrogen) atoms. The van der Waals surface area contributed by atoms with Gasteiger partial charge in [0.2, 0.25) is 0 Å². The average molecular weight is 368 g/mol. The Hall–Kier alpha value is -0.0500. The van der Waals surface area contributed by atoms with Crippen molar-refractivity contribution in [2.75, 3.05) is 11.0 Å². The summed E-state index contributed by atoms with van der Waals surface area (Å²) in [6.45, 7) is 0. The molecule has 1 unspecified atom stereocenters. The Morgan fingerprint density at radius 1 is 1.20 bits per heavy atom. The van der Waals surface area contributed by atoms with Gasteiger partial charge >= 0.3 is 0 Å². The number of nitrogens with zero attached hydrogens (tertiary/aromatic N) is 3. The van der Waals surface area contributed by atoms with Gasteiger partial charge in [-0.1, -0.05) is 0 Å². The van der Waals surface area contributed by atoms with Crippen molar-refractivity contribution in [3.8, 4) is 0 Å². The summed E-state index contributed by atoms with van der Waals surface area (Å²) >= 11 is 8.27. The second-order valence-electron chi connectivity index (χ2n) is 2.98. The minimum Gasteiger partial charge on any atom is -0.319 e. The van der Waals surface area contributed by atoms with Gasteiger partial charge in [-0.2, -0.15) is 8.75 Å². The van der Waals surface area contributed by atoms with E-state index in [0.29, 0.717) is 0 Å². The number of aromatic nitrogens is 2. The summed E-state index contributed by atoms with van der Waals surface area (Å²) in [4.78, 5) is 0. The van der Waals surface area contributed by atoms with Crippen LogP contribution < -0.4 is 4.72 Å². The van der Waals surface area contributed by atoms with Crippen LogP contribution in [-0.4, -0.2) is 15.0 Å². The van der Waals surface area contributed by atoms with Crippen LogP contribution in [0.1, 0.15) is 0 Å². The van der Waals surface area contributed by atoms with E-state index in [2.05, 4.69) is 49.7 Å². The smallest absolute Gasteiger partial charge is 0.122 e. The third kappa shape index (κ3) is 1.38. The first-order valence-corrected chi connectivity index (χ1v) is 7.87. The highest BCUT2D eigenvalue weighted by Gasteiger charge is 2.23. The van der Waals surface area contributed by atoms with E-state index < -0.39 is 0 Å². The first-order chi connectivity index (χ1) is 7.18. The van der Waals surface area contributed by atoms with Crippen molar-refractivity contribution in [2.45, 2.75) is 0 Å². The van der Waals surface area contributed by atoms with Gasteiger partial charge in [-0.3, -0.25) is 0 Å². The zero-order valence-corrected chi connectivity index (χ0v) is 12.2. The van der Waals surface area contributed by atoms with Gasteiger partial charge in [0.15, 0.2) is 0 Å². The van der Waals surface area contributed by atoms with Crippen LogP contribution in [0.3, 0.4) is 0 Å². The van der Waals surface area contributed by atoms with E-state index >= 15 is 0 Å². The van der Waals surface area contributed by atoms with Crippen LogP contribution in [0.25, 0.3) is 11.0 Å². The van der Waals surface area contributed by atoms with Crippen LogP contribution in [0.2, 0.25) is 0 Å². The molecule has 2 aromatic rings. The number of rotatable bonds is 0. The molecule has 1 aliphatic rings. The molecule has 0 amide bonds. The van der Waals surface area contributed by atoms with Crippen molar-refractivity contribution in [3.05, 3.63) is 8.95 Å². The second-order valence-corrected chi connectivity index (χ2v) is 6.44. The van der Waals surface area contributed by atoms with Crippen LogP contribution in [0.15, 0.2) is 13.3 Å². The van der Waals surface area contributed by atoms with Crippen LogP contribution in [-0.2, 0) is 10.9 Å². The molecule has 0 fully saturated rings. The summed E-state index contributed by atoms with van der Waals surface area (Å²) in [5.74, 6) is 0. The Labute approximate surface area is 109 Å². The lowest BCUT2D eigenvalue weighted by molar-refractivity contribution is 1.53.